The molecule has 0 aromatic heterocycles. The van der Waals surface area contributed by atoms with Crippen molar-refractivity contribution in [3.05, 3.63) is 12.2 Å². The molecule has 0 radical (unpaired) electrons. The smallest absolute Gasteiger partial charge is 0.0633 e. The average Bonchev–Trinajstić information content (AvgIpc) is 2.22. The maximum absolute atomic E-state index is 8.62. The molecule has 3 unspecified atom stereocenters. The largest absolute Gasteiger partial charge is 0.392 e. The maximum atomic E-state index is 8.62. The predicted octanol–water partition coefficient (Wildman–Crippen LogP) is 2.62. The van der Waals surface area contributed by atoms with Gasteiger partial charge in [0.25, 0.3) is 0 Å². The summed E-state index contributed by atoms with van der Waals surface area (Å²) < 4.78 is 5.45. The van der Waals surface area contributed by atoms with E-state index in [1.165, 1.54) is 6.42 Å². The summed E-state index contributed by atoms with van der Waals surface area (Å²) in [6.45, 7) is 6.81. The van der Waals surface area contributed by atoms with E-state index in [1.807, 2.05) is 6.08 Å². The van der Waals surface area contributed by atoms with E-state index in [0.717, 1.165) is 6.42 Å². The monoisotopic (exact) mass is 200 g/mol. The Kier molecular flexibility index (Phi) is 7.81. The molecule has 84 valence electrons. The Labute approximate surface area is 88.0 Å². The average molecular weight is 200 g/mol. The van der Waals surface area contributed by atoms with Gasteiger partial charge in [-0.3, -0.25) is 0 Å². The maximum Gasteiger partial charge on any atom is 0.0633 e. The number of methoxy groups -OCH3 is 1. The van der Waals surface area contributed by atoms with Crippen molar-refractivity contribution < 1.29 is 9.84 Å². The number of rotatable bonds is 7. The predicted molar refractivity (Wildman–Crippen MR) is 60.3 cm³/mol. The van der Waals surface area contributed by atoms with E-state index in [1.54, 1.807) is 13.2 Å². The lowest BCUT2D eigenvalue weighted by Crippen LogP contribution is -2.25. The lowest BCUT2D eigenvalue weighted by atomic mass is 9.87. The highest BCUT2D eigenvalue weighted by Gasteiger charge is 2.19. The van der Waals surface area contributed by atoms with Crippen LogP contribution in [-0.2, 0) is 4.74 Å². The summed E-state index contributed by atoms with van der Waals surface area (Å²) >= 11 is 0. The topological polar surface area (TPSA) is 29.5 Å². The molecule has 0 heterocycles. The summed E-state index contributed by atoms with van der Waals surface area (Å²) in [5.74, 6) is 1.25. The Morgan fingerprint density at radius 1 is 1.29 bits per heavy atom. The molecule has 0 aliphatic rings. The highest BCUT2D eigenvalue weighted by Crippen LogP contribution is 2.22. The van der Waals surface area contributed by atoms with Crippen molar-refractivity contribution in [2.24, 2.45) is 11.8 Å². The van der Waals surface area contributed by atoms with Crippen molar-refractivity contribution in [3.63, 3.8) is 0 Å². The summed E-state index contributed by atoms with van der Waals surface area (Å²) in [5, 5.41) is 8.62. The van der Waals surface area contributed by atoms with Crippen molar-refractivity contribution in [2.75, 3.05) is 13.7 Å². The minimum atomic E-state index is 0.119. The molecule has 14 heavy (non-hydrogen) atoms. The molecule has 1 N–H and O–H groups in total. The third-order valence-corrected chi connectivity index (χ3v) is 3.07. The van der Waals surface area contributed by atoms with E-state index in [4.69, 9.17) is 9.84 Å². The Bertz CT molecular complexity index is 154. The minimum absolute atomic E-state index is 0.119. The minimum Gasteiger partial charge on any atom is -0.392 e. The number of ether oxygens (including phenoxy) is 1. The van der Waals surface area contributed by atoms with Crippen molar-refractivity contribution in [1.29, 1.82) is 0 Å². The molecule has 0 saturated carbocycles. The van der Waals surface area contributed by atoms with Crippen LogP contribution in [0.3, 0.4) is 0 Å². The Hall–Kier alpha value is -0.340. The molecule has 0 aliphatic heterocycles. The lowest BCUT2D eigenvalue weighted by Gasteiger charge is -2.26. The van der Waals surface area contributed by atoms with E-state index < -0.39 is 0 Å². The fourth-order valence-corrected chi connectivity index (χ4v) is 1.57. The summed E-state index contributed by atoms with van der Waals surface area (Å²) in [6, 6.07) is 0. The first-order chi connectivity index (χ1) is 6.67. The standard InChI is InChI=1S/C12H24O2/c1-5-10(2)11(3)12(14-4)8-6-7-9-13/h6-7,10-13H,5,8-9H2,1-4H3/b7-6+. The van der Waals surface area contributed by atoms with E-state index in [2.05, 4.69) is 20.8 Å². The molecule has 0 amide bonds. The van der Waals surface area contributed by atoms with E-state index in [-0.39, 0.29) is 12.7 Å². The quantitative estimate of drug-likeness (QED) is 0.640. The fraction of sp³-hybridized carbons (Fsp3) is 0.833. The highest BCUT2D eigenvalue weighted by molar-refractivity contribution is 4.86. The number of hydrogen-bond acceptors (Lipinski definition) is 2. The number of aliphatic hydroxyl groups excluding tert-OH is 1. The van der Waals surface area contributed by atoms with Gasteiger partial charge >= 0.3 is 0 Å². The van der Waals surface area contributed by atoms with Crippen LogP contribution in [0.1, 0.15) is 33.6 Å². The van der Waals surface area contributed by atoms with Gasteiger partial charge in [0.05, 0.1) is 12.7 Å². The van der Waals surface area contributed by atoms with Crippen LogP contribution in [0.4, 0.5) is 0 Å². The van der Waals surface area contributed by atoms with Crippen LogP contribution in [0.5, 0.6) is 0 Å². The van der Waals surface area contributed by atoms with E-state index >= 15 is 0 Å². The zero-order valence-electron chi connectivity index (χ0n) is 9.86. The summed E-state index contributed by atoms with van der Waals surface area (Å²) in [6.07, 6.45) is 6.11. The second kappa shape index (κ2) is 8.01. The molecular formula is C12H24O2. The Balaban J connectivity index is 4.04. The summed E-state index contributed by atoms with van der Waals surface area (Å²) in [5.41, 5.74) is 0. The van der Waals surface area contributed by atoms with Gasteiger partial charge in [-0.15, -0.1) is 0 Å². The normalized spacial score (nSPS) is 18.4. The first-order valence-corrected chi connectivity index (χ1v) is 5.45. The zero-order chi connectivity index (χ0) is 11.0. The van der Waals surface area contributed by atoms with Crippen LogP contribution in [0.2, 0.25) is 0 Å². The fourth-order valence-electron chi connectivity index (χ4n) is 1.57. The summed E-state index contributed by atoms with van der Waals surface area (Å²) in [7, 11) is 1.76. The van der Waals surface area contributed by atoms with Crippen molar-refractivity contribution in [3.8, 4) is 0 Å². The SMILES string of the molecule is CCC(C)C(C)C(C/C=C/CO)OC. The zero-order valence-corrected chi connectivity index (χ0v) is 9.86. The molecule has 0 saturated heterocycles. The molecule has 0 aliphatic carbocycles. The highest BCUT2D eigenvalue weighted by atomic mass is 16.5. The molecule has 3 atom stereocenters. The third-order valence-electron chi connectivity index (χ3n) is 3.07. The third kappa shape index (κ3) is 4.77. The van der Waals surface area contributed by atoms with Gasteiger partial charge in [0, 0.05) is 7.11 Å². The lowest BCUT2D eigenvalue weighted by molar-refractivity contribution is 0.0393. The van der Waals surface area contributed by atoms with Gasteiger partial charge in [0.1, 0.15) is 0 Å². The number of aliphatic hydroxyl groups is 1. The van der Waals surface area contributed by atoms with Crippen LogP contribution in [0, 0.1) is 11.8 Å². The van der Waals surface area contributed by atoms with Gasteiger partial charge in [0.2, 0.25) is 0 Å². The Morgan fingerprint density at radius 2 is 1.93 bits per heavy atom. The van der Waals surface area contributed by atoms with Crippen molar-refractivity contribution in [2.45, 2.75) is 39.7 Å². The van der Waals surface area contributed by atoms with Crippen molar-refractivity contribution in [1.82, 2.24) is 0 Å². The van der Waals surface area contributed by atoms with Crippen LogP contribution in [0.15, 0.2) is 12.2 Å². The van der Waals surface area contributed by atoms with Crippen LogP contribution in [0.25, 0.3) is 0 Å². The van der Waals surface area contributed by atoms with Crippen LogP contribution in [-0.4, -0.2) is 24.9 Å². The molecule has 2 nitrogen and oxygen atoms in total. The van der Waals surface area contributed by atoms with Gasteiger partial charge < -0.3 is 9.84 Å². The molecule has 0 aromatic rings. The molecule has 0 fully saturated rings. The molecule has 0 aromatic carbocycles. The van der Waals surface area contributed by atoms with Crippen LogP contribution < -0.4 is 0 Å². The van der Waals surface area contributed by atoms with Gasteiger partial charge in [-0.1, -0.05) is 39.3 Å². The van der Waals surface area contributed by atoms with E-state index in [9.17, 15) is 0 Å². The first-order valence-electron chi connectivity index (χ1n) is 5.45. The van der Waals surface area contributed by atoms with Gasteiger partial charge in [-0.25, -0.2) is 0 Å². The molecule has 0 bridgehead atoms. The molecular weight excluding hydrogens is 176 g/mol. The second-order valence-electron chi connectivity index (χ2n) is 3.91. The molecule has 0 rings (SSSR count). The van der Waals surface area contributed by atoms with Gasteiger partial charge in [-0.05, 0) is 18.3 Å². The number of hydrogen-bond donors (Lipinski definition) is 1. The van der Waals surface area contributed by atoms with Crippen molar-refractivity contribution >= 4 is 0 Å². The first kappa shape index (κ1) is 13.7. The summed E-state index contributed by atoms with van der Waals surface area (Å²) in [4.78, 5) is 0. The van der Waals surface area contributed by atoms with Crippen LogP contribution >= 0.6 is 0 Å². The molecule has 0 spiro atoms. The van der Waals surface area contributed by atoms with Gasteiger partial charge in [-0.2, -0.15) is 0 Å². The van der Waals surface area contributed by atoms with Gasteiger partial charge in [0.15, 0.2) is 0 Å². The Morgan fingerprint density at radius 3 is 2.36 bits per heavy atom. The second-order valence-corrected chi connectivity index (χ2v) is 3.91. The molecule has 2 heteroatoms. The van der Waals surface area contributed by atoms with E-state index in [0.29, 0.717) is 11.8 Å².